The number of benzene rings is 2. The van der Waals surface area contributed by atoms with Gasteiger partial charge in [-0.05, 0) is 56.1 Å². The van der Waals surface area contributed by atoms with Gasteiger partial charge in [0.25, 0.3) is 0 Å². The predicted molar refractivity (Wildman–Crippen MR) is 125 cm³/mol. The number of carbonyl (C=O) groups is 1. The highest BCUT2D eigenvalue weighted by atomic mass is 19.1. The van der Waals surface area contributed by atoms with Crippen molar-refractivity contribution in [1.29, 1.82) is 0 Å². The molecule has 2 aromatic carbocycles. The first kappa shape index (κ1) is 25.0. The number of carbonyl (C=O) groups excluding carboxylic acids is 1. The molecule has 2 aromatic rings. The SMILES string of the molecule is CC(=O)N1CCN(Cc2ccc(OCCN(C)C)cc2)CC(O)(COc2ccc(F)cc2)C1. The summed E-state index contributed by atoms with van der Waals surface area (Å²) >= 11 is 0. The Kier molecular flexibility index (Phi) is 8.66. The van der Waals surface area contributed by atoms with Gasteiger partial charge in [-0.25, -0.2) is 4.39 Å². The van der Waals surface area contributed by atoms with Gasteiger partial charge in [-0.15, -0.1) is 0 Å². The molecule has 1 saturated heterocycles. The lowest BCUT2D eigenvalue weighted by molar-refractivity contribution is -0.132. The largest absolute Gasteiger partial charge is 0.492 e. The number of nitrogens with zero attached hydrogens (tertiary/aromatic N) is 3. The van der Waals surface area contributed by atoms with Crippen molar-refractivity contribution in [3.63, 3.8) is 0 Å². The van der Waals surface area contributed by atoms with Gasteiger partial charge >= 0.3 is 0 Å². The number of ether oxygens (including phenoxy) is 2. The van der Waals surface area contributed by atoms with E-state index in [9.17, 15) is 14.3 Å². The number of hydrogen-bond donors (Lipinski definition) is 1. The van der Waals surface area contributed by atoms with Crippen LogP contribution < -0.4 is 9.47 Å². The molecular formula is C25H34FN3O4. The second-order valence-electron chi connectivity index (χ2n) is 8.91. The summed E-state index contributed by atoms with van der Waals surface area (Å²) in [6.07, 6.45) is 0. The summed E-state index contributed by atoms with van der Waals surface area (Å²) < 4.78 is 24.7. The molecule has 8 heteroatoms. The van der Waals surface area contributed by atoms with Gasteiger partial charge in [0.1, 0.15) is 36.1 Å². The summed E-state index contributed by atoms with van der Waals surface area (Å²) in [6, 6.07) is 13.6. The smallest absolute Gasteiger partial charge is 0.219 e. The molecule has 1 heterocycles. The maximum absolute atomic E-state index is 13.2. The van der Waals surface area contributed by atoms with Crippen molar-refractivity contribution in [2.75, 3.05) is 60.0 Å². The van der Waals surface area contributed by atoms with Gasteiger partial charge in [0, 0.05) is 39.6 Å². The van der Waals surface area contributed by atoms with Crippen molar-refractivity contribution in [3.8, 4) is 11.5 Å². The molecule has 1 aliphatic heterocycles. The fraction of sp³-hybridized carbons (Fsp3) is 0.480. The third kappa shape index (κ3) is 7.99. The monoisotopic (exact) mass is 459 g/mol. The Morgan fingerprint density at radius 2 is 1.67 bits per heavy atom. The van der Waals surface area contributed by atoms with Crippen LogP contribution in [0, 0.1) is 5.82 Å². The van der Waals surface area contributed by atoms with Crippen molar-refractivity contribution in [3.05, 3.63) is 59.9 Å². The average molecular weight is 460 g/mol. The minimum absolute atomic E-state index is 0.00242. The fourth-order valence-corrected chi connectivity index (χ4v) is 3.78. The molecule has 180 valence electrons. The lowest BCUT2D eigenvalue weighted by atomic mass is 10.0. The second-order valence-corrected chi connectivity index (χ2v) is 8.91. The zero-order valence-electron chi connectivity index (χ0n) is 19.7. The Bertz CT molecular complexity index is 892. The van der Waals surface area contributed by atoms with Gasteiger partial charge in [0.2, 0.25) is 5.91 Å². The molecule has 0 aromatic heterocycles. The predicted octanol–water partition coefficient (Wildman–Crippen LogP) is 2.24. The van der Waals surface area contributed by atoms with E-state index in [4.69, 9.17) is 9.47 Å². The molecule has 7 nitrogen and oxygen atoms in total. The third-order valence-corrected chi connectivity index (χ3v) is 5.59. The van der Waals surface area contributed by atoms with Gasteiger partial charge in [-0.2, -0.15) is 0 Å². The lowest BCUT2D eigenvalue weighted by Crippen LogP contribution is -2.51. The van der Waals surface area contributed by atoms with E-state index in [1.54, 1.807) is 4.90 Å². The summed E-state index contributed by atoms with van der Waals surface area (Å²) in [6.45, 7) is 5.30. The quantitative estimate of drug-likeness (QED) is 0.621. The number of rotatable bonds is 9. The first-order chi connectivity index (χ1) is 15.7. The van der Waals surface area contributed by atoms with Crippen LogP contribution in [0.2, 0.25) is 0 Å². The molecular weight excluding hydrogens is 425 g/mol. The van der Waals surface area contributed by atoms with E-state index in [0.717, 1.165) is 17.9 Å². The molecule has 1 unspecified atom stereocenters. The summed E-state index contributed by atoms with van der Waals surface area (Å²) in [4.78, 5) is 17.9. The summed E-state index contributed by atoms with van der Waals surface area (Å²) in [5.74, 6) is 0.859. The van der Waals surface area contributed by atoms with Crippen LogP contribution in [0.4, 0.5) is 4.39 Å². The minimum Gasteiger partial charge on any atom is -0.492 e. The van der Waals surface area contributed by atoms with Crippen molar-refractivity contribution in [1.82, 2.24) is 14.7 Å². The molecule has 1 fully saturated rings. The van der Waals surface area contributed by atoms with E-state index < -0.39 is 5.60 Å². The zero-order chi connectivity index (χ0) is 23.8. The molecule has 1 atom stereocenters. The van der Waals surface area contributed by atoms with E-state index in [1.807, 2.05) is 38.4 Å². The zero-order valence-corrected chi connectivity index (χ0v) is 19.7. The maximum Gasteiger partial charge on any atom is 0.219 e. The normalized spacial score (nSPS) is 19.4. The first-order valence-corrected chi connectivity index (χ1v) is 11.2. The standard InChI is InChI=1S/C25H34FN3O4/c1-20(30)29-13-12-28(16-21-4-8-23(9-5-21)32-15-14-27(2)3)17-25(31,18-29)19-33-24-10-6-22(26)7-11-24/h4-11,31H,12-19H2,1-3H3. The molecule has 1 amide bonds. The van der Waals surface area contributed by atoms with E-state index in [1.165, 1.54) is 31.2 Å². The highest BCUT2D eigenvalue weighted by Crippen LogP contribution is 2.21. The highest BCUT2D eigenvalue weighted by molar-refractivity contribution is 5.73. The summed E-state index contributed by atoms with van der Waals surface area (Å²) in [5.41, 5.74) is -0.167. The van der Waals surface area contributed by atoms with Gasteiger partial charge in [0.05, 0.1) is 6.54 Å². The van der Waals surface area contributed by atoms with E-state index >= 15 is 0 Å². The van der Waals surface area contributed by atoms with Crippen LogP contribution in [-0.4, -0.2) is 91.3 Å². The van der Waals surface area contributed by atoms with Crippen LogP contribution in [0.15, 0.2) is 48.5 Å². The van der Waals surface area contributed by atoms with Crippen LogP contribution in [0.25, 0.3) is 0 Å². The van der Waals surface area contributed by atoms with Crippen LogP contribution in [-0.2, 0) is 11.3 Å². The van der Waals surface area contributed by atoms with Gasteiger partial charge in [0.15, 0.2) is 0 Å². The van der Waals surface area contributed by atoms with E-state index in [2.05, 4.69) is 9.80 Å². The highest BCUT2D eigenvalue weighted by Gasteiger charge is 2.36. The van der Waals surface area contributed by atoms with Crippen LogP contribution in [0.1, 0.15) is 12.5 Å². The van der Waals surface area contributed by atoms with Crippen molar-refractivity contribution in [2.24, 2.45) is 0 Å². The number of amides is 1. The van der Waals surface area contributed by atoms with Crippen LogP contribution in [0.5, 0.6) is 11.5 Å². The van der Waals surface area contributed by atoms with Crippen molar-refractivity contribution in [2.45, 2.75) is 19.1 Å². The van der Waals surface area contributed by atoms with E-state index in [0.29, 0.717) is 38.5 Å². The molecule has 33 heavy (non-hydrogen) atoms. The number of likely N-dealkylation sites (N-methyl/N-ethyl adjacent to an activating group) is 1. The van der Waals surface area contributed by atoms with E-state index in [-0.39, 0.29) is 24.9 Å². The third-order valence-electron chi connectivity index (χ3n) is 5.59. The lowest BCUT2D eigenvalue weighted by Gasteiger charge is -2.32. The molecule has 0 aliphatic carbocycles. The number of halogens is 1. The molecule has 0 bridgehead atoms. The topological polar surface area (TPSA) is 65.5 Å². The molecule has 0 saturated carbocycles. The molecule has 1 N–H and O–H groups in total. The summed E-state index contributed by atoms with van der Waals surface area (Å²) in [7, 11) is 4.01. The molecule has 3 rings (SSSR count). The average Bonchev–Trinajstić information content (AvgIpc) is 2.93. The Morgan fingerprint density at radius 3 is 2.30 bits per heavy atom. The van der Waals surface area contributed by atoms with Crippen LogP contribution in [0.3, 0.4) is 0 Å². The Morgan fingerprint density at radius 1 is 1.03 bits per heavy atom. The van der Waals surface area contributed by atoms with Gasteiger partial charge in [-0.1, -0.05) is 12.1 Å². The number of hydrogen-bond acceptors (Lipinski definition) is 6. The second kappa shape index (κ2) is 11.4. The van der Waals surface area contributed by atoms with Crippen molar-refractivity contribution >= 4 is 5.91 Å². The van der Waals surface area contributed by atoms with Crippen molar-refractivity contribution < 1.29 is 23.8 Å². The Labute approximate surface area is 195 Å². The Hall–Kier alpha value is -2.68. The fourth-order valence-electron chi connectivity index (χ4n) is 3.78. The number of β-amino-alcohol motifs (C(OH)–C–C–N with tert-alkyl or cyclic N) is 1. The summed E-state index contributed by atoms with van der Waals surface area (Å²) in [5, 5.41) is 11.4. The maximum atomic E-state index is 13.2. The molecule has 0 spiro atoms. The minimum atomic E-state index is -1.26. The molecule has 0 radical (unpaired) electrons. The molecule has 1 aliphatic rings. The Balaban J connectivity index is 1.63. The number of aliphatic hydroxyl groups is 1. The van der Waals surface area contributed by atoms with Crippen LogP contribution >= 0.6 is 0 Å². The van der Waals surface area contributed by atoms with Gasteiger partial charge < -0.3 is 24.4 Å². The first-order valence-electron chi connectivity index (χ1n) is 11.2. The van der Waals surface area contributed by atoms with Gasteiger partial charge in [-0.3, -0.25) is 9.69 Å².